The van der Waals surface area contributed by atoms with Gasteiger partial charge < -0.3 is 10.00 Å². The monoisotopic (exact) mass is 166 g/mol. The van der Waals surface area contributed by atoms with Crippen LogP contribution in [-0.2, 0) is 4.57 Å². The summed E-state index contributed by atoms with van der Waals surface area (Å²) in [6.07, 6.45) is 1.87. The molecule has 0 fully saturated rings. The highest BCUT2D eigenvalue weighted by Gasteiger charge is 2.02. The molecule has 0 aromatic rings. The van der Waals surface area contributed by atoms with Gasteiger partial charge in [-0.25, -0.2) is 0 Å². The van der Waals surface area contributed by atoms with Gasteiger partial charge in [0.1, 0.15) is 0 Å². The van der Waals surface area contributed by atoms with Gasteiger partial charge in [0.25, 0.3) is 0 Å². The van der Waals surface area contributed by atoms with Crippen LogP contribution >= 0.6 is 8.03 Å². The highest BCUT2D eigenvalue weighted by Crippen LogP contribution is 2.18. The van der Waals surface area contributed by atoms with Crippen molar-refractivity contribution in [3.8, 4) is 0 Å². The molecule has 0 bridgehead atoms. The van der Waals surface area contributed by atoms with Crippen LogP contribution in [0, 0.1) is 5.92 Å². The lowest BCUT2D eigenvalue weighted by molar-refractivity contribution is 0.260. The van der Waals surface area contributed by atoms with Crippen LogP contribution in [0.15, 0.2) is 0 Å². The number of aliphatic hydroxyl groups excluding tert-OH is 1. The third-order valence-corrected chi connectivity index (χ3v) is 2.19. The second kappa shape index (κ2) is 5.90. The third-order valence-electron chi connectivity index (χ3n) is 1.47. The number of hydrogen-bond acceptors (Lipinski definition) is 2. The zero-order valence-electron chi connectivity index (χ0n) is 6.21. The molecule has 0 aromatic heterocycles. The SMILES string of the molecule is CC(CCO)CC[PH](=O)O. The summed E-state index contributed by atoms with van der Waals surface area (Å²) in [6, 6.07) is 0. The van der Waals surface area contributed by atoms with E-state index in [2.05, 4.69) is 0 Å². The molecule has 0 aliphatic heterocycles. The Labute approximate surface area is 61.9 Å². The highest BCUT2D eigenvalue weighted by molar-refractivity contribution is 7.37. The fourth-order valence-corrected chi connectivity index (χ4v) is 1.47. The lowest BCUT2D eigenvalue weighted by Gasteiger charge is -2.06. The average molecular weight is 166 g/mol. The van der Waals surface area contributed by atoms with Crippen LogP contribution < -0.4 is 0 Å². The first kappa shape index (κ1) is 10.2. The largest absolute Gasteiger partial charge is 0.396 e. The standard InChI is InChI=1S/C6H15O3P/c1-6(2-4-7)3-5-10(8)9/h6-7,10H,2-5H2,1H3,(H,8,9). The molecule has 0 radical (unpaired) electrons. The van der Waals surface area contributed by atoms with E-state index >= 15 is 0 Å². The Balaban J connectivity index is 3.21. The molecule has 2 unspecified atom stereocenters. The fraction of sp³-hybridized carbons (Fsp3) is 1.00. The zero-order valence-corrected chi connectivity index (χ0v) is 7.21. The summed E-state index contributed by atoms with van der Waals surface area (Å²) in [5, 5.41) is 8.47. The lowest BCUT2D eigenvalue weighted by Crippen LogP contribution is -1.98. The molecule has 0 spiro atoms. The van der Waals surface area contributed by atoms with Gasteiger partial charge in [0.15, 0.2) is 8.03 Å². The highest BCUT2D eigenvalue weighted by atomic mass is 31.1. The van der Waals surface area contributed by atoms with Crippen molar-refractivity contribution in [3.63, 3.8) is 0 Å². The zero-order chi connectivity index (χ0) is 7.98. The van der Waals surface area contributed by atoms with Crippen LogP contribution in [0.1, 0.15) is 19.8 Å². The summed E-state index contributed by atoms with van der Waals surface area (Å²) in [5.74, 6) is 0.367. The Morgan fingerprint density at radius 3 is 2.50 bits per heavy atom. The van der Waals surface area contributed by atoms with E-state index in [9.17, 15) is 4.57 Å². The summed E-state index contributed by atoms with van der Waals surface area (Å²) in [4.78, 5) is 8.45. The Kier molecular flexibility index (Phi) is 5.99. The summed E-state index contributed by atoms with van der Waals surface area (Å²) in [7, 11) is -2.28. The molecule has 0 saturated heterocycles. The van der Waals surface area contributed by atoms with E-state index in [1.807, 2.05) is 6.92 Å². The van der Waals surface area contributed by atoms with Crippen LogP contribution in [0.5, 0.6) is 0 Å². The van der Waals surface area contributed by atoms with Crippen LogP contribution in [0.2, 0.25) is 0 Å². The van der Waals surface area contributed by atoms with Crippen molar-refractivity contribution in [1.29, 1.82) is 0 Å². The van der Waals surface area contributed by atoms with E-state index in [-0.39, 0.29) is 6.61 Å². The molecular formula is C6H15O3P. The van der Waals surface area contributed by atoms with Crippen LogP contribution in [-0.4, -0.2) is 22.8 Å². The lowest BCUT2D eigenvalue weighted by atomic mass is 10.1. The van der Waals surface area contributed by atoms with Gasteiger partial charge in [-0.3, -0.25) is 4.57 Å². The average Bonchev–Trinajstić information content (AvgIpc) is 1.85. The first-order chi connectivity index (χ1) is 4.66. The van der Waals surface area contributed by atoms with Crippen molar-refractivity contribution in [2.75, 3.05) is 12.8 Å². The minimum Gasteiger partial charge on any atom is -0.396 e. The molecule has 3 nitrogen and oxygen atoms in total. The molecule has 4 heteroatoms. The van der Waals surface area contributed by atoms with E-state index in [0.29, 0.717) is 12.1 Å². The fourth-order valence-electron chi connectivity index (χ4n) is 0.735. The maximum Gasteiger partial charge on any atom is 0.189 e. The predicted octanol–water partition coefficient (Wildman–Crippen LogP) is 0.862. The van der Waals surface area contributed by atoms with Crippen molar-refractivity contribution in [2.45, 2.75) is 19.8 Å². The molecule has 0 saturated carbocycles. The molecular weight excluding hydrogens is 151 g/mol. The molecule has 0 aliphatic carbocycles. The molecule has 2 atom stereocenters. The van der Waals surface area contributed by atoms with Gasteiger partial charge in [0.05, 0.1) is 0 Å². The van der Waals surface area contributed by atoms with Crippen molar-refractivity contribution in [3.05, 3.63) is 0 Å². The van der Waals surface area contributed by atoms with Gasteiger partial charge in [-0.1, -0.05) is 6.92 Å². The number of hydrogen-bond donors (Lipinski definition) is 2. The van der Waals surface area contributed by atoms with E-state index in [1.165, 1.54) is 0 Å². The smallest absolute Gasteiger partial charge is 0.189 e. The van der Waals surface area contributed by atoms with E-state index < -0.39 is 8.03 Å². The Hall–Kier alpha value is 0.150. The van der Waals surface area contributed by atoms with Gasteiger partial charge in [0, 0.05) is 12.8 Å². The summed E-state index contributed by atoms with van der Waals surface area (Å²) in [5.41, 5.74) is 0. The molecule has 10 heavy (non-hydrogen) atoms. The normalized spacial score (nSPS) is 16.7. The second-order valence-electron chi connectivity index (χ2n) is 2.55. The maximum absolute atomic E-state index is 10.2. The van der Waals surface area contributed by atoms with Crippen molar-refractivity contribution >= 4 is 8.03 Å². The Morgan fingerprint density at radius 2 is 2.10 bits per heavy atom. The number of rotatable bonds is 5. The Bertz CT molecular complexity index is 105. The summed E-state index contributed by atoms with van der Waals surface area (Å²) >= 11 is 0. The van der Waals surface area contributed by atoms with Crippen molar-refractivity contribution in [2.24, 2.45) is 5.92 Å². The molecule has 0 amide bonds. The third kappa shape index (κ3) is 6.27. The quantitative estimate of drug-likeness (QED) is 0.595. The van der Waals surface area contributed by atoms with Crippen LogP contribution in [0.25, 0.3) is 0 Å². The molecule has 62 valence electrons. The van der Waals surface area contributed by atoms with Gasteiger partial charge in [-0.05, 0) is 18.8 Å². The van der Waals surface area contributed by atoms with Crippen molar-refractivity contribution < 1.29 is 14.6 Å². The van der Waals surface area contributed by atoms with Crippen LogP contribution in [0.4, 0.5) is 0 Å². The molecule has 0 aromatic carbocycles. The summed E-state index contributed by atoms with van der Waals surface area (Å²) < 4.78 is 10.2. The minimum atomic E-state index is -2.28. The molecule has 0 heterocycles. The second-order valence-corrected chi connectivity index (χ2v) is 3.84. The maximum atomic E-state index is 10.2. The number of aliphatic hydroxyl groups is 1. The van der Waals surface area contributed by atoms with Gasteiger partial charge >= 0.3 is 0 Å². The molecule has 0 aliphatic rings. The Morgan fingerprint density at radius 1 is 1.50 bits per heavy atom. The molecule has 2 N–H and O–H groups in total. The van der Waals surface area contributed by atoms with Crippen LogP contribution in [0.3, 0.4) is 0 Å². The van der Waals surface area contributed by atoms with Crippen molar-refractivity contribution in [1.82, 2.24) is 0 Å². The summed E-state index contributed by atoms with van der Waals surface area (Å²) in [6.45, 7) is 2.15. The topological polar surface area (TPSA) is 57.5 Å². The predicted molar refractivity (Wildman–Crippen MR) is 41.6 cm³/mol. The van der Waals surface area contributed by atoms with Gasteiger partial charge in [-0.2, -0.15) is 0 Å². The van der Waals surface area contributed by atoms with Gasteiger partial charge in [-0.15, -0.1) is 0 Å². The van der Waals surface area contributed by atoms with E-state index in [1.54, 1.807) is 0 Å². The first-order valence-electron chi connectivity index (χ1n) is 3.49. The first-order valence-corrected chi connectivity index (χ1v) is 5.05. The van der Waals surface area contributed by atoms with E-state index in [4.69, 9.17) is 10.00 Å². The molecule has 0 rings (SSSR count). The van der Waals surface area contributed by atoms with Gasteiger partial charge in [0.2, 0.25) is 0 Å². The van der Waals surface area contributed by atoms with E-state index in [0.717, 1.165) is 12.8 Å². The minimum absolute atomic E-state index is 0.174.